The van der Waals surface area contributed by atoms with Gasteiger partial charge in [-0.1, -0.05) is 43.0 Å². The number of aliphatic hydroxyl groups is 1. The van der Waals surface area contributed by atoms with Gasteiger partial charge in [-0.2, -0.15) is 0 Å². The molecule has 0 bridgehead atoms. The summed E-state index contributed by atoms with van der Waals surface area (Å²) in [6, 6.07) is 5.73. The summed E-state index contributed by atoms with van der Waals surface area (Å²) < 4.78 is 0. The van der Waals surface area contributed by atoms with E-state index in [0.29, 0.717) is 0 Å². The molecule has 0 amide bonds. The molecule has 1 aromatic rings. The standard InChI is InChI=1S/C15H22ClNO/c1-17(10-12-6-3-2-4-7-12)15-13(11-18)8-5-9-14(15)16/h5,8-9,12,18H,2-4,6-7,10-11H2,1H3. The molecule has 1 aliphatic rings. The van der Waals surface area contributed by atoms with Crippen LogP contribution in [0.1, 0.15) is 37.7 Å². The van der Waals surface area contributed by atoms with Gasteiger partial charge in [0.25, 0.3) is 0 Å². The summed E-state index contributed by atoms with van der Waals surface area (Å²) in [7, 11) is 2.08. The summed E-state index contributed by atoms with van der Waals surface area (Å²) in [6.45, 7) is 1.08. The van der Waals surface area contributed by atoms with Crippen LogP contribution < -0.4 is 4.90 Å². The van der Waals surface area contributed by atoms with Crippen LogP contribution in [0.3, 0.4) is 0 Å². The van der Waals surface area contributed by atoms with Crippen molar-refractivity contribution < 1.29 is 5.11 Å². The lowest BCUT2D eigenvalue weighted by Crippen LogP contribution is -2.27. The highest BCUT2D eigenvalue weighted by atomic mass is 35.5. The summed E-state index contributed by atoms with van der Waals surface area (Å²) in [5.41, 5.74) is 1.91. The van der Waals surface area contributed by atoms with E-state index in [1.165, 1.54) is 32.1 Å². The summed E-state index contributed by atoms with van der Waals surface area (Å²) in [6.07, 6.45) is 6.74. The van der Waals surface area contributed by atoms with Crippen LogP contribution in [0.2, 0.25) is 5.02 Å². The molecule has 0 unspecified atom stereocenters. The largest absolute Gasteiger partial charge is 0.392 e. The van der Waals surface area contributed by atoms with Gasteiger partial charge in [0.05, 0.1) is 17.3 Å². The molecule has 100 valence electrons. The first kappa shape index (κ1) is 13.7. The number of halogens is 1. The lowest BCUT2D eigenvalue weighted by atomic mass is 9.89. The Labute approximate surface area is 115 Å². The maximum Gasteiger partial charge on any atom is 0.0702 e. The van der Waals surface area contributed by atoms with Gasteiger partial charge in [-0.15, -0.1) is 0 Å². The molecule has 1 saturated carbocycles. The summed E-state index contributed by atoms with van der Waals surface area (Å²) in [5.74, 6) is 0.770. The van der Waals surface area contributed by atoms with Gasteiger partial charge in [0, 0.05) is 19.2 Å². The van der Waals surface area contributed by atoms with E-state index in [9.17, 15) is 5.11 Å². The van der Waals surface area contributed by atoms with Crippen molar-refractivity contribution in [2.45, 2.75) is 38.7 Å². The van der Waals surface area contributed by atoms with Crippen LogP contribution in [0.25, 0.3) is 0 Å². The molecular weight excluding hydrogens is 246 g/mol. The van der Waals surface area contributed by atoms with Crippen molar-refractivity contribution in [3.05, 3.63) is 28.8 Å². The highest BCUT2D eigenvalue weighted by molar-refractivity contribution is 6.33. The van der Waals surface area contributed by atoms with E-state index >= 15 is 0 Å². The number of anilines is 1. The lowest BCUT2D eigenvalue weighted by Gasteiger charge is -2.30. The first-order valence-corrected chi connectivity index (χ1v) is 7.19. The first-order chi connectivity index (χ1) is 8.72. The molecule has 0 atom stereocenters. The normalized spacial score (nSPS) is 16.8. The Bertz CT molecular complexity index is 388. The van der Waals surface area contributed by atoms with Crippen molar-refractivity contribution in [3.63, 3.8) is 0 Å². The van der Waals surface area contributed by atoms with Crippen LogP contribution in [0.5, 0.6) is 0 Å². The van der Waals surface area contributed by atoms with Crippen molar-refractivity contribution in [3.8, 4) is 0 Å². The highest BCUT2D eigenvalue weighted by Gasteiger charge is 2.18. The van der Waals surface area contributed by atoms with Crippen molar-refractivity contribution in [1.29, 1.82) is 0 Å². The van der Waals surface area contributed by atoms with Crippen LogP contribution in [0.15, 0.2) is 18.2 Å². The highest BCUT2D eigenvalue weighted by Crippen LogP contribution is 2.32. The van der Waals surface area contributed by atoms with Gasteiger partial charge in [0.15, 0.2) is 0 Å². The summed E-state index contributed by atoms with van der Waals surface area (Å²) >= 11 is 6.27. The zero-order valence-electron chi connectivity index (χ0n) is 11.0. The zero-order chi connectivity index (χ0) is 13.0. The zero-order valence-corrected chi connectivity index (χ0v) is 11.8. The first-order valence-electron chi connectivity index (χ1n) is 6.81. The fourth-order valence-corrected chi connectivity index (χ4v) is 3.30. The van der Waals surface area contributed by atoms with Gasteiger partial charge in [0.2, 0.25) is 0 Å². The number of hydrogen-bond acceptors (Lipinski definition) is 2. The fourth-order valence-electron chi connectivity index (χ4n) is 2.96. The average Bonchev–Trinajstić information content (AvgIpc) is 2.39. The quantitative estimate of drug-likeness (QED) is 0.896. The average molecular weight is 268 g/mol. The van der Waals surface area contributed by atoms with E-state index in [-0.39, 0.29) is 6.61 Å². The molecule has 0 saturated heterocycles. The Kier molecular flexibility index (Phi) is 4.90. The van der Waals surface area contributed by atoms with Crippen LogP contribution in [0, 0.1) is 5.92 Å². The third-order valence-electron chi connectivity index (χ3n) is 3.88. The molecule has 1 aromatic carbocycles. The second-order valence-corrected chi connectivity index (χ2v) is 5.70. The van der Waals surface area contributed by atoms with Gasteiger partial charge in [0.1, 0.15) is 0 Å². The molecule has 3 heteroatoms. The predicted molar refractivity (Wildman–Crippen MR) is 77.2 cm³/mol. The monoisotopic (exact) mass is 267 g/mol. The molecule has 0 radical (unpaired) electrons. The van der Waals surface area contributed by atoms with Gasteiger partial charge < -0.3 is 10.0 Å². The van der Waals surface area contributed by atoms with E-state index < -0.39 is 0 Å². The summed E-state index contributed by atoms with van der Waals surface area (Å²) in [5, 5.41) is 10.1. The number of benzene rings is 1. The third kappa shape index (κ3) is 3.18. The molecule has 18 heavy (non-hydrogen) atoms. The van der Waals surface area contributed by atoms with Gasteiger partial charge >= 0.3 is 0 Å². The molecule has 1 N–H and O–H groups in total. The Balaban J connectivity index is 2.09. The van der Waals surface area contributed by atoms with Crippen molar-refractivity contribution in [2.75, 3.05) is 18.5 Å². The Hall–Kier alpha value is -0.730. The second-order valence-electron chi connectivity index (χ2n) is 5.29. The maximum absolute atomic E-state index is 9.41. The van der Waals surface area contributed by atoms with Gasteiger partial charge in [-0.25, -0.2) is 0 Å². The topological polar surface area (TPSA) is 23.5 Å². The summed E-state index contributed by atoms with van der Waals surface area (Å²) in [4.78, 5) is 2.21. The fraction of sp³-hybridized carbons (Fsp3) is 0.600. The second kappa shape index (κ2) is 6.44. The molecule has 1 aliphatic carbocycles. The van der Waals surface area contributed by atoms with Gasteiger partial charge in [-0.05, 0) is 24.8 Å². The minimum atomic E-state index is 0.0465. The number of para-hydroxylation sites is 1. The minimum absolute atomic E-state index is 0.0465. The van der Waals surface area contributed by atoms with Crippen LogP contribution in [-0.2, 0) is 6.61 Å². The number of nitrogens with zero attached hydrogens (tertiary/aromatic N) is 1. The SMILES string of the molecule is CN(CC1CCCCC1)c1c(Cl)cccc1CO. The Morgan fingerprint density at radius 1 is 1.28 bits per heavy atom. The Morgan fingerprint density at radius 2 is 2.00 bits per heavy atom. The van der Waals surface area contributed by atoms with E-state index in [2.05, 4.69) is 11.9 Å². The number of rotatable bonds is 4. The van der Waals surface area contributed by atoms with Crippen molar-refractivity contribution >= 4 is 17.3 Å². The molecule has 2 rings (SSSR count). The maximum atomic E-state index is 9.41. The van der Waals surface area contributed by atoms with E-state index in [0.717, 1.165) is 28.7 Å². The Morgan fingerprint density at radius 3 is 2.67 bits per heavy atom. The van der Waals surface area contributed by atoms with E-state index in [1.54, 1.807) is 0 Å². The van der Waals surface area contributed by atoms with Crippen molar-refractivity contribution in [2.24, 2.45) is 5.92 Å². The molecule has 0 heterocycles. The molecular formula is C15H22ClNO. The number of aliphatic hydroxyl groups excluding tert-OH is 1. The third-order valence-corrected chi connectivity index (χ3v) is 4.18. The molecule has 0 aromatic heterocycles. The molecule has 2 nitrogen and oxygen atoms in total. The van der Waals surface area contributed by atoms with E-state index in [1.807, 2.05) is 18.2 Å². The predicted octanol–water partition coefficient (Wildman–Crippen LogP) is 3.85. The number of hydrogen-bond donors (Lipinski definition) is 1. The molecule has 0 aliphatic heterocycles. The minimum Gasteiger partial charge on any atom is -0.392 e. The molecule has 0 spiro atoms. The van der Waals surface area contributed by atoms with Crippen LogP contribution >= 0.6 is 11.6 Å². The lowest BCUT2D eigenvalue weighted by molar-refractivity contribution is 0.281. The van der Waals surface area contributed by atoms with Crippen LogP contribution in [-0.4, -0.2) is 18.7 Å². The van der Waals surface area contributed by atoms with Gasteiger partial charge in [-0.3, -0.25) is 0 Å². The van der Waals surface area contributed by atoms with Crippen molar-refractivity contribution in [1.82, 2.24) is 0 Å². The smallest absolute Gasteiger partial charge is 0.0702 e. The molecule has 1 fully saturated rings. The van der Waals surface area contributed by atoms with Crippen LogP contribution in [0.4, 0.5) is 5.69 Å². The van der Waals surface area contributed by atoms with E-state index in [4.69, 9.17) is 11.6 Å².